The van der Waals surface area contributed by atoms with Crippen molar-refractivity contribution in [1.29, 1.82) is 0 Å². The van der Waals surface area contributed by atoms with Crippen LogP contribution in [0, 0.1) is 0 Å². The predicted octanol–water partition coefficient (Wildman–Crippen LogP) is 8.48. The van der Waals surface area contributed by atoms with E-state index < -0.39 is 0 Å². The van der Waals surface area contributed by atoms with E-state index in [0.717, 1.165) is 5.82 Å². The fourth-order valence-corrected chi connectivity index (χ4v) is 6.60. The minimum atomic E-state index is 0.233. The van der Waals surface area contributed by atoms with Crippen LogP contribution in [0.4, 0.5) is 5.82 Å². The Labute approximate surface area is 190 Å². The number of rotatable bonds is 16. The van der Waals surface area contributed by atoms with Crippen LogP contribution in [0.1, 0.15) is 110 Å². The Kier molecular flexibility index (Phi) is 13.3. The molecule has 0 aromatic carbocycles. The van der Waals surface area contributed by atoms with Crippen molar-refractivity contribution in [2.24, 2.45) is 0 Å². The van der Waals surface area contributed by atoms with E-state index in [4.69, 9.17) is 12.6 Å². The van der Waals surface area contributed by atoms with Gasteiger partial charge in [0.05, 0.1) is 0 Å². The molecule has 1 saturated heterocycles. The number of nitrogens with zero attached hydrogens (tertiary/aromatic N) is 2. The summed E-state index contributed by atoms with van der Waals surface area (Å²) in [5.74, 6) is 1.07. The number of thioether (sulfide) groups is 1. The Morgan fingerprint density at radius 3 is 1.93 bits per heavy atom. The van der Waals surface area contributed by atoms with E-state index in [1.54, 1.807) is 0 Å². The summed E-state index contributed by atoms with van der Waals surface area (Å²) in [7, 11) is 0. The number of aromatic nitrogens is 1. The summed E-state index contributed by atoms with van der Waals surface area (Å²) in [4.78, 5) is 6.91. The van der Waals surface area contributed by atoms with E-state index in [-0.39, 0.29) is 4.71 Å². The first kappa shape index (κ1) is 24.9. The van der Waals surface area contributed by atoms with Crippen LogP contribution in [0.5, 0.6) is 0 Å². The normalized spacial score (nSPS) is 21.8. The maximum absolute atomic E-state index is 4.81. The second-order valence-electron chi connectivity index (χ2n) is 8.72. The van der Waals surface area contributed by atoms with E-state index >= 15 is 0 Å². The molecule has 166 valence electrons. The molecule has 0 N–H and O–H groups in total. The number of anilines is 1. The monoisotopic (exact) mass is 436 g/mol. The molecule has 0 radical (unpaired) electrons. The van der Waals surface area contributed by atoms with Gasteiger partial charge >= 0.3 is 0 Å². The van der Waals surface area contributed by atoms with Gasteiger partial charge < -0.3 is 4.90 Å². The number of pyridine rings is 1. The molecule has 0 bridgehead atoms. The van der Waals surface area contributed by atoms with Crippen molar-refractivity contribution in [3.05, 3.63) is 24.4 Å². The predicted molar refractivity (Wildman–Crippen MR) is 135 cm³/mol. The standard InChI is InChI=1S/C25H44N2S2/c1-3-4-5-6-7-8-9-10-11-12-13-14-15-16-19-23-22(2)27(25(28)29-23)24-20-17-18-21-26-24/h17-18,20-23,25,28H,3-16,19H2,1-2H3. The first-order valence-corrected chi connectivity index (χ1v) is 13.7. The minimum Gasteiger partial charge on any atom is -0.332 e. The molecule has 3 atom stereocenters. The summed E-state index contributed by atoms with van der Waals surface area (Å²) in [6.45, 7) is 4.63. The fourth-order valence-electron chi connectivity index (χ4n) is 4.39. The summed E-state index contributed by atoms with van der Waals surface area (Å²) in [6, 6.07) is 6.67. The lowest BCUT2D eigenvalue weighted by atomic mass is 10.0. The quantitative estimate of drug-likeness (QED) is 0.207. The molecule has 0 aliphatic carbocycles. The Balaban J connectivity index is 1.44. The Morgan fingerprint density at radius 2 is 1.41 bits per heavy atom. The smallest absolute Gasteiger partial charge is 0.130 e. The fraction of sp³-hybridized carbons (Fsp3) is 0.800. The Bertz CT molecular complexity index is 511. The average Bonchev–Trinajstić information content (AvgIpc) is 3.02. The number of hydrogen-bond donors (Lipinski definition) is 1. The van der Waals surface area contributed by atoms with Gasteiger partial charge in [-0.2, -0.15) is 0 Å². The van der Waals surface area contributed by atoms with Crippen LogP contribution in [-0.2, 0) is 0 Å². The highest BCUT2D eigenvalue weighted by molar-refractivity contribution is 8.11. The molecule has 0 saturated carbocycles. The molecule has 0 spiro atoms. The molecular formula is C25H44N2S2. The van der Waals surface area contributed by atoms with Crippen LogP contribution in [0.15, 0.2) is 24.4 Å². The Hall–Kier alpha value is -0.350. The third kappa shape index (κ3) is 9.55. The summed E-state index contributed by atoms with van der Waals surface area (Å²) in [6.07, 6.45) is 23.2. The second kappa shape index (κ2) is 15.5. The maximum atomic E-state index is 4.81. The SMILES string of the molecule is CCCCCCCCCCCCCCCCC1SC(S)N(c2ccccn2)C1C. The minimum absolute atomic E-state index is 0.233. The lowest BCUT2D eigenvalue weighted by molar-refractivity contribution is 0.524. The first-order chi connectivity index (χ1) is 14.2. The van der Waals surface area contributed by atoms with Gasteiger partial charge in [-0.15, -0.1) is 24.4 Å². The molecule has 1 fully saturated rings. The Morgan fingerprint density at radius 1 is 0.862 bits per heavy atom. The van der Waals surface area contributed by atoms with Crippen LogP contribution >= 0.6 is 24.4 Å². The summed E-state index contributed by atoms with van der Waals surface area (Å²) in [5.41, 5.74) is 0. The van der Waals surface area contributed by atoms with Crippen molar-refractivity contribution in [3.63, 3.8) is 0 Å². The van der Waals surface area contributed by atoms with Crippen molar-refractivity contribution in [2.75, 3.05) is 4.90 Å². The van der Waals surface area contributed by atoms with Crippen LogP contribution in [0.3, 0.4) is 0 Å². The zero-order valence-corrected chi connectivity index (χ0v) is 20.6. The highest BCUT2D eigenvalue weighted by atomic mass is 32.2. The molecule has 29 heavy (non-hydrogen) atoms. The van der Waals surface area contributed by atoms with Crippen molar-refractivity contribution in [3.8, 4) is 0 Å². The van der Waals surface area contributed by atoms with E-state index in [1.807, 2.05) is 24.0 Å². The molecule has 4 heteroatoms. The molecule has 2 nitrogen and oxygen atoms in total. The summed E-state index contributed by atoms with van der Waals surface area (Å²) >= 11 is 6.83. The van der Waals surface area contributed by atoms with Gasteiger partial charge in [-0.25, -0.2) is 4.98 Å². The zero-order valence-electron chi connectivity index (χ0n) is 18.9. The largest absolute Gasteiger partial charge is 0.332 e. The van der Waals surface area contributed by atoms with Crippen LogP contribution < -0.4 is 4.90 Å². The molecule has 1 aliphatic rings. The lowest BCUT2D eigenvalue weighted by Crippen LogP contribution is -2.35. The number of thiol groups is 1. The topological polar surface area (TPSA) is 16.1 Å². The summed E-state index contributed by atoms with van der Waals surface area (Å²) < 4.78 is 0.233. The lowest BCUT2D eigenvalue weighted by Gasteiger charge is -2.27. The average molecular weight is 437 g/mol. The van der Waals surface area contributed by atoms with Gasteiger partial charge in [-0.1, -0.05) is 103 Å². The van der Waals surface area contributed by atoms with Crippen LogP contribution in [-0.4, -0.2) is 21.0 Å². The molecule has 0 amide bonds. The molecule has 1 aliphatic heterocycles. The molecule has 1 aromatic heterocycles. The van der Waals surface area contributed by atoms with Crippen molar-refractivity contribution in [1.82, 2.24) is 4.98 Å². The van der Waals surface area contributed by atoms with Gasteiger partial charge in [-0.05, 0) is 25.5 Å². The zero-order chi connectivity index (χ0) is 20.7. The van der Waals surface area contributed by atoms with Gasteiger partial charge in [0.1, 0.15) is 10.5 Å². The first-order valence-electron chi connectivity index (χ1n) is 12.3. The molecule has 3 unspecified atom stereocenters. The maximum Gasteiger partial charge on any atom is 0.130 e. The second-order valence-corrected chi connectivity index (χ2v) is 10.9. The van der Waals surface area contributed by atoms with Gasteiger partial charge in [0.25, 0.3) is 0 Å². The van der Waals surface area contributed by atoms with E-state index in [1.165, 1.54) is 96.3 Å². The third-order valence-corrected chi connectivity index (χ3v) is 8.33. The van der Waals surface area contributed by atoms with Gasteiger partial charge in [0, 0.05) is 17.5 Å². The van der Waals surface area contributed by atoms with Crippen molar-refractivity contribution >= 4 is 30.2 Å². The van der Waals surface area contributed by atoms with Crippen molar-refractivity contribution < 1.29 is 0 Å². The van der Waals surface area contributed by atoms with Crippen molar-refractivity contribution in [2.45, 2.75) is 126 Å². The molecule has 2 heterocycles. The summed E-state index contributed by atoms with van der Waals surface area (Å²) in [5, 5.41) is 0.678. The highest BCUT2D eigenvalue weighted by Crippen LogP contribution is 2.42. The van der Waals surface area contributed by atoms with E-state index in [2.05, 4.69) is 35.9 Å². The third-order valence-electron chi connectivity index (χ3n) is 6.27. The van der Waals surface area contributed by atoms with Crippen LogP contribution in [0.25, 0.3) is 0 Å². The van der Waals surface area contributed by atoms with Gasteiger partial charge in [0.2, 0.25) is 0 Å². The van der Waals surface area contributed by atoms with E-state index in [9.17, 15) is 0 Å². The van der Waals surface area contributed by atoms with Gasteiger partial charge in [0.15, 0.2) is 0 Å². The number of hydrogen-bond acceptors (Lipinski definition) is 4. The molecule has 2 rings (SSSR count). The van der Waals surface area contributed by atoms with Crippen LogP contribution in [0.2, 0.25) is 0 Å². The highest BCUT2D eigenvalue weighted by Gasteiger charge is 2.37. The molecular weight excluding hydrogens is 392 g/mol. The number of unbranched alkanes of at least 4 members (excludes halogenated alkanes) is 13. The molecule has 1 aromatic rings. The van der Waals surface area contributed by atoms with Gasteiger partial charge in [-0.3, -0.25) is 0 Å². The van der Waals surface area contributed by atoms with E-state index in [0.29, 0.717) is 11.3 Å².